The largest absolute Gasteiger partial charge is 0.352 e. The lowest BCUT2D eigenvalue weighted by Crippen LogP contribution is -2.52. The summed E-state index contributed by atoms with van der Waals surface area (Å²) in [5.41, 5.74) is 0. The van der Waals surface area contributed by atoms with Crippen molar-refractivity contribution < 1.29 is 9.59 Å². The molecule has 0 radical (unpaired) electrons. The Kier molecular flexibility index (Phi) is 6.25. The van der Waals surface area contributed by atoms with Gasteiger partial charge in [-0.2, -0.15) is 0 Å². The maximum absolute atomic E-state index is 12.6. The monoisotopic (exact) mass is 381 g/mol. The molecule has 1 atom stereocenters. The molecular formula is C18H24ClN3O2S. The third kappa shape index (κ3) is 5.62. The summed E-state index contributed by atoms with van der Waals surface area (Å²) >= 11 is 7.45. The van der Waals surface area contributed by atoms with Crippen LogP contribution in [0.15, 0.2) is 29.2 Å². The Labute approximate surface area is 158 Å². The Balaban J connectivity index is 1.42. The molecule has 3 rings (SSSR count). The zero-order chi connectivity index (χ0) is 17.8. The van der Waals surface area contributed by atoms with Crippen LogP contribution in [0.5, 0.6) is 0 Å². The number of carbonyl (C=O) groups excluding carboxylic acids is 2. The molecule has 0 aromatic heterocycles. The van der Waals surface area contributed by atoms with Gasteiger partial charge in [0.25, 0.3) is 0 Å². The van der Waals surface area contributed by atoms with Gasteiger partial charge in [0.2, 0.25) is 11.8 Å². The SMILES string of the molecule is CC(Sc1ccc(Cl)cc1)C(=O)N1CCN(CC(=O)NC2CC2)CC1. The highest BCUT2D eigenvalue weighted by Crippen LogP contribution is 2.26. The standard InChI is InChI=1S/C18H24ClN3O2S/c1-13(25-16-6-2-14(19)3-7-16)18(24)22-10-8-21(9-11-22)12-17(23)20-15-4-5-15/h2-3,6-7,13,15H,4-5,8-12H2,1H3,(H,20,23). The Morgan fingerprint density at radius 3 is 2.44 bits per heavy atom. The minimum absolute atomic E-state index is 0.105. The molecule has 0 bridgehead atoms. The molecule has 1 aliphatic heterocycles. The smallest absolute Gasteiger partial charge is 0.235 e. The second-order valence-corrected chi connectivity index (χ2v) is 8.51. The number of nitrogens with zero attached hydrogens (tertiary/aromatic N) is 2. The fourth-order valence-corrected chi connectivity index (χ4v) is 3.93. The molecule has 2 fully saturated rings. The highest BCUT2D eigenvalue weighted by atomic mass is 35.5. The molecule has 7 heteroatoms. The minimum atomic E-state index is -0.133. The van der Waals surface area contributed by atoms with Crippen LogP contribution in [-0.2, 0) is 9.59 Å². The van der Waals surface area contributed by atoms with E-state index in [1.165, 1.54) is 0 Å². The van der Waals surface area contributed by atoms with Crippen molar-refractivity contribution in [2.45, 2.75) is 36.0 Å². The van der Waals surface area contributed by atoms with Crippen LogP contribution < -0.4 is 5.32 Å². The summed E-state index contributed by atoms with van der Waals surface area (Å²) in [5.74, 6) is 0.260. The zero-order valence-corrected chi connectivity index (χ0v) is 16.0. The number of thioether (sulfide) groups is 1. The highest BCUT2D eigenvalue weighted by Gasteiger charge is 2.28. The van der Waals surface area contributed by atoms with Gasteiger partial charge in [-0.3, -0.25) is 14.5 Å². The van der Waals surface area contributed by atoms with Crippen LogP contribution in [0.2, 0.25) is 5.02 Å². The Morgan fingerprint density at radius 2 is 1.84 bits per heavy atom. The van der Waals surface area contributed by atoms with Crippen LogP contribution in [0.4, 0.5) is 0 Å². The first kappa shape index (κ1) is 18.5. The van der Waals surface area contributed by atoms with Crippen LogP contribution in [0.25, 0.3) is 0 Å². The van der Waals surface area contributed by atoms with E-state index in [2.05, 4.69) is 10.2 Å². The second-order valence-electron chi connectivity index (χ2n) is 6.66. The maximum Gasteiger partial charge on any atom is 0.235 e. The Hall–Kier alpha value is -1.24. The first-order valence-corrected chi connectivity index (χ1v) is 10.00. The van der Waals surface area contributed by atoms with E-state index in [1.54, 1.807) is 11.8 Å². The van der Waals surface area contributed by atoms with Gasteiger partial charge in [-0.1, -0.05) is 11.6 Å². The van der Waals surface area contributed by atoms with Crippen LogP contribution in [0.1, 0.15) is 19.8 Å². The lowest BCUT2D eigenvalue weighted by atomic mass is 10.3. The van der Waals surface area contributed by atoms with Crippen molar-refractivity contribution in [1.29, 1.82) is 0 Å². The molecule has 136 valence electrons. The molecule has 25 heavy (non-hydrogen) atoms. The van der Waals surface area contributed by atoms with Gasteiger partial charge in [-0.05, 0) is 44.0 Å². The normalized spacial score (nSPS) is 19.5. The predicted octanol–water partition coefficient (Wildman–Crippen LogP) is 2.24. The van der Waals surface area contributed by atoms with E-state index in [9.17, 15) is 9.59 Å². The number of carbonyl (C=O) groups is 2. The molecule has 2 aliphatic rings. The van der Waals surface area contributed by atoms with Gasteiger partial charge in [0.05, 0.1) is 11.8 Å². The summed E-state index contributed by atoms with van der Waals surface area (Å²) in [5, 5.41) is 3.58. The number of piperazine rings is 1. The van der Waals surface area contributed by atoms with Gasteiger partial charge >= 0.3 is 0 Å². The van der Waals surface area contributed by atoms with E-state index in [1.807, 2.05) is 36.1 Å². The second kappa shape index (κ2) is 8.43. The van der Waals surface area contributed by atoms with Crippen molar-refractivity contribution in [2.75, 3.05) is 32.7 Å². The Morgan fingerprint density at radius 1 is 1.20 bits per heavy atom. The van der Waals surface area contributed by atoms with Crippen molar-refractivity contribution in [3.8, 4) is 0 Å². The van der Waals surface area contributed by atoms with Gasteiger partial charge in [-0.25, -0.2) is 0 Å². The van der Waals surface area contributed by atoms with Gasteiger partial charge in [0, 0.05) is 42.1 Å². The molecule has 1 unspecified atom stereocenters. The molecule has 1 aromatic rings. The van der Waals surface area contributed by atoms with Gasteiger partial charge in [-0.15, -0.1) is 11.8 Å². The first-order valence-electron chi connectivity index (χ1n) is 8.74. The van der Waals surface area contributed by atoms with E-state index >= 15 is 0 Å². The summed E-state index contributed by atoms with van der Waals surface area (Å²) in [6.07, 6.45) is 2.22. The summed E-state index contributed by atoms with van der Waals surface area (Å²) in [6, 6.07) is 7.96. The summed E-state index contributed by atoms with van der Waals surface area (Å²) < 4.78 is 0. The first-order chi connectivity index (χ1) is 12.0. The Bertz CT molecular complexity index is 613. The van der Waals surface area contributed by atoms with E-state index in [-0.39, 0.29) is 17.1 Å². The number of hydrogen-bond acceptors (Lipinski definition) is 4. The molecule has 1 N–H and O–H groups in total. The van der Waals surface area contributed by atoms with Gasteiger partial charge in [0.15, 0.2) is 0 Å². The predicted molar refractivity (Wildman–Crippen MR) is 101 cm³/mol. The van der Waals surface area contributed by atoms with Crippen molar-refractivity contribution in [3.63, 3.8) is 0 Å². The third-order valence-corrected chi connectivity index (χ3v) is 5.82. The molecule has 1 saturated carbocycles. The molecule has 1 saturated heterocycles. The van der Waals surface area contributed by atoms with Crippen LogP contribution in [-0.4, -0.2) is 65.6 Å². The quantitative estimate of drug-likeness (QED) is 0.768. The summed E-state index contributed by atoms with van der Waals surface area (Å²) in [6.45, 7) is 5.25. The van der Waals surface area contributed by atoms with E-state index in [0.717, 1.165) is 30.8 Å². The fourth-order valence-electron chi connectivity index (χ4n) is 2.86. The molecular weight excluding hydrogens is 358 g/mol. The summed E-state index contributed by atoms with van der Waals surface area (Å²) in [4.78, 5) is 29.6. The van der Waals surface area contributed by atoms with E-state index < -0.39 is 0 Å². The fraction of sp³-hybridized carbons (Fsp3) is 0.556. The maximum atomic E-state index is 12.6. The molecule has 1 heterocycles. The molecule has 2 amide bonds. The number of amides is 2. The highest BCUT2D eigenvalue weighted by molar-refractivity contribution is 8.00. The van der Waals surface area contributed by atoms with Crippen LogP contribution >= 0.6 is 23.4 Å². The van der Waals surface area contributed by atoms with Crippen LogP contribution in [0.3, 0.4) is 0 Å². The zero-order valence-electron chi connectivity index (χ0n) is 14.4. The molecule has 0 spiro atoms. The summed E-state index contributed by atoms with van der Waals surface area (Å²) in [7, 11) is 0. The number of hydrogen-bond donors (Lipinski definition) is 1. The number of benzene rings is 1. The lowest BCUT2D eigenvalue weighted by molar-refractivity contribution is -0.132. The average molecular weight is 382 g/mol. The number of nitrogens with one attached hydrogen (secondary N) is 1. The molecule has 5 nitrogen and oxygen atoms in total. The topological polar surface area (TPSA) is 52.7 Å². The van der Waals surface area contributed by atoms with Crippen molar-refractivity contribution >= 4 is 35.2 Å². The van der Waals surface area contributed by atoms with Gasteiger partial charge in [0.1, 0.15) is 0 Å². The van der Waals surface area contributed by atoms with E-state index in [4.69, 9.17) is 11.6 Å². The van der Waals surface area contributed by atoms with Crippen LogP contribution in [0, 0.1) is 0 Å². The molecule has 1 aliphatic carbocycles. The molecule has 1 aromatic carbocycles. The van der Waals surface area contributed by atoms with E-state index in [0.29, 0.717) is 30.7 Å². The van der Waals surface area contributed by atoms with Gasteiger partial charge < -0.3 is 10.2 Å². The number of halogens is 1. The third-order valence-electron chi connectivity index (χ3n) is 4.47. The van der Waals surface area contributed by atoms with Crippen molar-refractivity contribution in [2.24, 2.45) is 0 Å². The van der Waals surface area contributed by atoms with Crippen molar-refractivity contribution in [1.82, 2.24) is 15.1 Å². The lowest BCUT2D eigenvalue weighted by Gasteiger charge is -2.35. The number of rotatable bonds is 6. The van der Waals surface area contributed by atoms with Crippen molar-refractivity contribution in [3.05, 3.63) is 29.3 Å². The minimum Gasteiger partial charge on any atom is -0.352 e. The average Bonchev–Trinajstić information content (AvgIpc) is 3.40.